The number of morpholine rings is 1. The van der Waals surface area contributed by atoms with Crippen molar-refractivity contribution in [3.05, 3.63) is 54.1 Å². The van der Waals surface area contributed by atoms with Gasteiger partial charge in [-0.25, -0.2) is 8.42 Å². The van der Waals surface area contributed by atoms with Gasteiger partial charge in [-0.2, -0.15) is 17.5 Å². The van der Waals surface area contributed by atoms with Gasteiger partial charge in [-0.3, -0.25) is 0 Å². The predicted molar refractivity (Wildman–Crippen MR) is 98.4 cm³/mol. The summed E-state index contributed by atoms with van der Waals surface area (Å²) in [4.78, 5) is -0.449. The predicted octanol–water partition coefficient (Wildman–Crippen LogP) is 3.18. The second-order valence-electron chi connectivity index (χ2n) is 6.34. The van der Waals surface area contributed by atoms with Crippen molar-refractivity contribution in [1.82, 2.24) is 4.31 Å². The van der Waals surface area contributed by atoms with Crippen LogP contribution in [-0.2, 0) is 20.9 Å². The number of para-hydroxylation sites is 1. The minimum atomic E-state index is -4.74. The van der Waals surface area contributed by atoms with Crippen LogP contribution in [0.1, 0.15) is 5.56 Å². The zero-order valence-electron chi connectivity index (χ0n) is 15.6. The molecule has 1 heterocycles. The molecule has 0 N–H and O–H groups in total. The molecule has 2 aromatic rings. The Hall–Kier alpha value is -2.30. The van der Waals surface area contributed by atoms with Gasteiger partial charge in [0, 0.05) is 13.1 Å². The molecule has 158 valence electrons. The van der Waals surface area contributed by atoms with Crippen molar-refractivity contribution in [3.63, 3.8) is 0 Å². The van der Waals surface area contributed by atoms with Crippen LogP contribution in [0.4, 0.5) is 13.2 Å². The van der Waals surface area contributed by atoms with Crippen LogP contribution in [-0.4, -0.2) is 52.2 Å². The fourth-order valence-corrected chi connectivity index (χ4v) is 4.42. The minimum Gasteiger partial charge on any atom is -0.496 e. The molecule has 2 aromatic carbocycles. The quantitative estimate of drug-likeness (QED) is 0.703. The van der Waals surface area contributed by atoms with Crippen LogP contribution in [0.2, 0.25) is 0 Å². The Kier molecular flexibility index (Phi) is 6.35. The van der Waals surface area contributed by atoms with Gasteiger partial charge in [-0.05, 0) is 30.3 Å². The number of halogens is 3. The number of hydrogen-bond acceptors (Lipinski definition) is 5. The molecule has 10 heteroatoms. The second-order valence-corrected chi connectivity index (χ2v) is 8.28. The zero-order chi connectivity index (χ0) is 21.1. The molecule has 29 heavy (non-hydrogen) atoms. The van der Waals surface area contributed by atoms with Crippen molar-refractivity contribution in [1.29, 1.82) is 0 Å². The summed E-state index contributed by atoms with van der Waals surface area (Å²) in [5, 5.41) is 0. The number of sulfonamides is 1. The molecular formula is C19H20F3NO5S. The highest BCUT2D eigenvalue weighted by atomic mass is 32.2. The Morgan fingerprint density at radius 1 is 1.17 bits per heavy atom. The molecule has 1 aliphatic rings. The van der Waals surface area contributed by atoms with Crippen molar-refractivity contribution in [2.75, 3.05) is 33.4 Å². The molecule has 0 saturated carbocycles. The molecule has 0 unspecified atom stereocenters. The van der Waals surface area contributed by atoms with Crippen molar-refractivity contribution in [3.8, 4) is 11.5 Å². The van der Waals surface area contributed by atoms with Gasteiger partial charge >= 0.3 is 6.18 Å². The number of methoxy groups -OCH3 is 1. The lowest BCUT2D eigenvalue weighted by Crippen LogP contribution is -2.47. The number of rotatable bonds is 6. The Labute approximate surface area is 166 Å². The Morgan fingerprint density at radius 3 is 2.55 bits per heavy atom. The lowest BCUT2D eigenvalue weighted by molar-refractivity contribution is -0.138. The first kappa shape index (κ1) is 21.4. The van der Waals surface area contributed by atoms with Crippen LogP contribution in [0.3, 0.4) is 0 Å². The summed E-state index contributed by atoms with van der Waals surface area (Å²) in [5.74, 6) is 0.175. The Morgan fingerprint density at radius 2 is 1.90 bits per heavy atom. The highest BCUT2D eigenvalue weighted by molar-refractivity contribution is 7.89. The van der Waals surface area contributed by atoms with Gasteiger partial charge in [0.2, 0.25) is 10.0 Å². The van der Waals surface area contributed by atoms with E-state index in [0.717, 1.165) is 23.5 Å². The highest BCUT2D eigenvalue weighted by Crippen LogP contribution is 2.38. The first-order valence-corrected chi connectivity index (χ1v) is 10.2. The first-order chi connectivity index (χ1) is 13.7. The molecular weight excluding hydrogens is 411 g/mol. The van der Waals surface area contributed by atoms with Crippen molar-refractivity contribution < 1.29 is 35.8 Å². The monoisotopic (exact) mass is 431 g/mol. The Bertz CT molecular complexity index is 935. The fraction of sp³-hybridized carbons (Fsp3) is 0.368. The molecule has 0 aliphatic carbocycles. The van der Waals surface area contributed by atoms with Crippen LogP contribution in [0.25, 0.3) is 0 Å². The lowest BCUT2D eigenvalue weighted by Gasteiger charge is -2.32. The first-order valence-electron chi connectivity index (χ1n) is 8.76. The van der Waals surface area contributed by atoms with E-state index >= 15 is 0 Å². The molecule has 1 saturated heterocycles. The Balaban J connectivity index is 1.76. The van der Waals surface area contributed by atoms with E-state index in [1.165, 1.54) is 0 Å². The van der Waals surface area contributed by atoms with E-state index in [1.807, 2.05) is 6.07 Å². The molecule has 0 bridgehead atoms. The van der Waals surface area contributed by atoms with Gasteiger partial charge in [0.1, 0.15) is 24.2 Å². The van der Waals surface area contributed by atoms with E-state index in [-0.39, 0.29) is 26.3 Å². The molecule has 0 spiro atoms. The summed E-state index contributed by atoms with van der Waals surface area (Å²) in [7, 11) is -3.05. The molecule has 1 fully saturated rings. The summed E-state index contributed by atoms with van der Waals surface area (Å²) in [6, 6.07) is 11.7. The van der Waals surface area contributed by atoms with E-state index in [1.54, 1.807) is 24.3 Å². The van der Waals surface area contributed by atoms with E-state index in [9.17, 15) is 21.6 Å². The van der Waals surface area contributed by atoms with Crippen LogP contribution < -0.4 is 9.47 Å². The average Bonchev–Trinajstić information content (AvgIpc) is 2.72. The number of alkyl halides is 3. The molecule has 0 radical (unpaired) electrons. The molecule has 1 aliphatic heterocycles. The van der Waals surface area contributed by atoms with Crippen LogP contribution in [0.15, 0.2) is 53.4 Å². The van der Waals surface area contributed by atoms with Gasteiger partial charge in [0.05, 0.1) is 24.2 Å². The van der Waals surface area contributed by atoms with Gasteiger partial charge in [-0.1, -0.05) is 18.2 Å². The molecule has 6 nitrogen and oxygen atoms in total. The topological polar surface area (TPSA) is 65.1 Å². The summed E-state index contributed by atoms with van der Waals surface area (Å²) in [6.45, 7) is 0.247. The molecule has 0 amide bonds. The van der Waals surface area contributed by atoms with Gasteiger partial charge in [0.15, 0.2) is 0 Å². The fourth-order valence-electron chi connectivity index (χ4n) is 2.94. The maximum Gasteiger partial charge on any atom is 0.420 e. The molecule has 3 rings (SSSR count). The standard InChI is InChI=1S/C19H20F3NO5S/c1-26-18-8-7-16(11-17(18)19(20,21)22)29(24,25)23-9-10-27-15(12-23)13-28-14-5-3-2-4-6-14/h2-8,11,15H,9-10,12-13H2,1H3/t15-/m1/s1. The summed E-state index contributed by atoms with van der Waals surface area (Å²) >= 11 is 0. The van der Waals surface area contributed by atoms with Crippen molar-refractivity contribution in [2.24, 2.45) is 0 Å². The van der Waals surface area contributed by atoms with Gasteiger partial charge < -0.3 is 14.2 Å². The largest absolute Gasteiger partial charge is 0.496 e. The maximum absolute atomic E-state index is 13.2. The van der Waals surface area contributed by atoms with E-state index in [0.29, 0.717) is 11.8 Å². The van der Waals surface area contributed by atoms with Gasteiger partial charge in [0.25, 0.3) is 0 Å². The van der Waals surface area contributed by atoms with E-state index in [4.69, 9.17) is 14.2 Å². The third-order valence-corrected chi connectivity index (χ3v) is 6.26. The number of benzene rings is 2. The smallest absolute Gasteiger partial charge is 0.420 e. The second kappa shape index (κ2) is 8.60. The summed E-state index contributed by atoms with van der Waals surface area (Å²) < 4.78 is 82.5. The number of ether oxygens (including phenoxy) is 3. The van der Waals surface area contributed by atoms with E-state index < -0.39 is 38.5 Å². The number of nitrogens with zero attached hydrogens (tertiary/aromatic N) is 1. The normalized spacial score (nSPS) is 18.4. The summed E-state index contributed by atoms with van der Waals surface area (Å²) in [6.07, 6.45) is -5.28. The SMILES string of the molecule is COc1ccc(S(=O)(=O)N2CCO[C@@H](COc3ccccc3)C2)cc1C(F)(F)F. The maximum atomic E-state index is 13.2. The minimum absolute atomic E-state index is 0.0253. The van der Waals surface area contributed by atoms with Crippen LogP contribution in [0, 0.1) is 0 Å². The third-order valence-electron chi connectivity index (χ3n) is 4.39. The van der Waals surface area contributed by atoms with Crippen molar-refractivity contribution >= 4 is 10.0 Å². The van der Waals surface area contributed by atoms with Crippen LogP contribution in [0.5, 0.6) is 11.5 Å². The van der Waals surface area contributed by atoms with Crippen LogP contribution >= 0.6 is 0 Å². The van der Waals surface area contributed by atoms with Crippen molar-refractivity contribution in [2.45, 2.75) is 17.2 Å². The number of hydrogen-bond donors (Lipinski definition) is 0. The van der Waals surface area contributed by atoms with E-state index in [2.05, 4.69) is 0 Å². The summed E-state index contributed by atoms with van der Waals surface area (Å²) in [5.41, 5.74) is -1.14. The molecule has 0 aromatic heterocycles. The van der Waals surface area contributed by atoms with Gasteiger partial charge in [-0.15, -0.1) is 0 Å². The average molecular weight is 431 g/mol. The lowest BCUT2D eigenvalue weighted by atomic mass is 10.2. The molecule has 1 atom stereocenters. The third kappa shape index (κ3) is 5.01. The highest BCUT2D eigenvalue weighted by Gasteiger charge is 2.37. The zero-order valence-corrected chi connectivity index (χ0v) is 16.4.